The van der Waals surface area contributed by atoms with Gasteiger partial charge in [0.05, 0.1) is 0 Å². The lowest BCUT2D eigenvalue weighted by atomic mass is 10.1. The Hall–Kier alpha value is -2.04. The van der Waals surface area contributed by atoms with Crippen LogP contribution < -0.4 is 10.1 Å². The van der Waals surface area contributed by atoms with Gasteiger partial charge in [0.15, 0.2) is 0 Å². The van der Waals surface area contributed by atoms with Gasteiger partial charge in [-0.25, -0.2) is 9.59 Å². The zero-order valence-corrected chi connectivity index (χ0v) is 11.0. The third kappa shape index (κ3) is 3.05. The number of ether oxygens (including phenoxy) is 1. The maximum Gasteiger partial charge on any atom is 0.413 e. The predicted molar refractivity (Wildman–Crippen MR) is 69.3 cm³/mol. The molecule has 5 nitrogen and oxygen atoms in total. The van der Waals surface area contributed by atoms with Gasteiger partial charge in [-0.15, -0.1) is 0 Å². The number of amides is 1. The zero-order chi connectivity index (χ0) is 14.0. The summed E-state index contributed by atoms with van der Waals surface area (Å²) in [5.41, 5.74) is 1.13. The summed E-state index contributed by atoms with van der Waals surface area (Å²) in [6.07, 6.45) is 2.42. The number of hydrogen-bond donors (Lipinski definition) is 2. The molecule has 0 fully saturated rings. The molecule has 0 atom stereocenters. The van der Waals surface area contributed by atoms with Crippen LogP contribution in [0.1, 0.15) is 31.4 Å². The average molecular weight is 263 g/mol. The van der Waals surface area contributed by atoms with E-state index in [1.54, 1.807) is 6.07 Å². The van der Waals surface area contributed by atoms with Crippen molar-refractivity contribution in [1.82, 2.24) is 5.32 Å². The van der Waals surface area contributed by atoms with Gasteiger partial charge >= 0.3 is 12.1 Å². The molecule has 19 heavy (non-hydrogen) atoms. The van der Waals surface area contributed by atoms with Crippen molar-refractivity contribution >= 4 is 12.1 Å². The van der Waals surface area contributed by atoms with Gasteiger partial charge in [-0.05, 0) is 56.4 Å². The number of nitrogens with one attached hydrogen (secondary N) is 1. The van der Waals surface area contributed by atoms with Crippen molar-refractivity contribution in [3.8, 4) is 5.75 Å². The minimum atomic E-state index is -1.35. The monoisotopic (exact) mass is 263 g/mol. The summed E-state index contributed by atoms with van der Waals surface area (Å²) in [6.45, 7) is 2.80. The maximum absolute atomic E-state index is 11.6. The van der Waals surface area contributed by atoms with E-state index in [0.717, 1.165) is 19.3 Å². The van der Waals surface area contributed by atoms with E-state index >= 15 is 0 Å². The van der Waals surface area contributed by atoms with Crippen molar-refractivity contribution in [3.05, 3.63) is 29.3 Å². The second-order valence-corrected chi connectivity index (χ2v) is 5.23. The van der Waals surface area contributed by atoms with Gasteiger partial charge in [0.1, 0.15) is 11.3 Å². The number of carboxylic acids is 1. The molecule has 0 unspecified atom stereocenters. The fourth-order valence-electron chi connectivity index (χ4n) is 2.05. The summed E-state index contributed by atoms with van der Waals surface area (Å²) < 4.78 is 5.11. The molecule has 0 aromatic heterocycles. The first kappa shape index (κ1) is 13.4. The van der Waals surface area contributed by atoms with Crippen LogP contribution in [0.4, 0.5) is 4.79 Å². The second-order valence-electron chi connectivity index (χ2n) is 5.23. The summed E-state index contributed by atoms with van der Waals surface area (Å²) >= 11 is 0. The van der Waals surface area contributed by atoms with Crippen LogP contribution in [0, 0.1) is 0 Å². The molecule has 0 heterocycles. The number of aliphatic carboxylic acids is 1. The van der Waals surface area contributed by atoms with Gasteiger partial charge in [0.25, 0.3) is 0 Å². The molecule has 1 aliphatic rings. The first-order chi connectivity index (χ1) is 8.88. The highest BCUT2D eigenvalue weighted by Crippen LogP contribution is 2.26. The van der Waals surface area contributed by atoms with Gasteiger partial charge in [0, 0.05) is 0 Å². The fraction of sp³-hybridized carbons (Fsp3) is 0.429. The minimum Gasteiger partial charge on any atom is -0.480 e. The molecule has 5 heteroatoms. The molecule has 1 amide bonds. The normalized spacial score (nSPS) is 13.8. The summed E-state index contributed by atoms with van der Waals surface area (Å²) in [5, 5.41) is 11.2. The maximum atomic E-state index is 11.6. The Balaban J connectivity index is 2.01. The Bertz CT molecular complexity index is 522. The van der Waals surface area contributed by atoms with Crippen LogP contribution in [-0.4, -0.2) is 22.7 Å². The van der Waals surface area contributed by atoms with Crippen molar-refractivity contribution in [1.29, 1.82) is 0 Å². The molecular formula is C14H17NO4. The van der Waals surface area contributed by atoms with Crippen LogP contribution in [0.15, 0.2) is 18.2 Å². The standard InChI is InChI=1S/C14H17NO4/c1-14(2,12(16)17)15-13(18)19-11-7-6-9-4-3-5-10(9)8-11/h6-8H,3-5H2,1-2H3,(H,15,18)(H,16,17). The third-order valence-electron chi connectivity index (χ3n) is 3.23. The summed E-state index contributed by atoms with van der Waals surface area (Å²) in [5.74, 6) is -0.669. The molecule has 1 aliphatic carbocycles. The number of carbonyl (C=O) groups is 2. The molecule has 0 saturated heterocycles. The topological polar surface area (TPSA) is 75.6 Å². The van der Waals surface area contributed by atoms with E-state index in [0.29, 0.717) is 5.75 Å². The Morgan fingerprint density at radius 1 is 1.26 bits per heavy atom. The smallest absolute Gasteiger partial charge is 0.413 e. The molecule has 0 radical (unpaired) electrons. The molecule has 0 aliphatic heterocycles. The van der Waals surface area contributed by atoms with Crippen molar-refractivity contribution in [2.75, 3.05) is 0 Å². The van der Waals surface area contributed by atoms with E-state index < -0.39 is 17.6 Å². The van der Waals surface area contributed by atoms with Crippen LogP contribution >= 0.6 is 0 Å². The SMILES string of the molecule is CC(C)(NC(=O)Oc1ccc2c(c1)CCC2)C(=O)O. The fourth-order valence-corrected chi connectivity index (χ4v) is 2.05. The summed E-state index contributed by atoms with van der Waals surface area (Å²) in [7, 11) is 0. The number of rotatable bonds is 3. The van der Waals surface area contributed by atoms with Gasteiger partial charge < -0.3 is 15.2 Å². The van der Waals surface area contributed by atoms with Crippen LogP contribution in [0.3, 0.4) is 0 Å². The van der Waals surface area contributed by atoms with E-state index in [-0.39, 0.29) is 0 Å². The van der Waals surface area contributed by atoms with Crippen molar-refractivity contribution < 1.29 is 19.4 Å². The van der Waals surface area contributed by atoms with Crippen LogP contribution in [-0.2, 0) is 17.6 Å². The number of carbonyl (C=O) groups excluding carboxylic acids is 1. The molecule has 1 aromatic carbocycles. The molecule has 0 spiro atoms. The Morgan fingerprint density at radius 3 is 2.63 bits per heavy atom. The van der Waals surface area contributed by atoms with Gasteiger partial charge in [-0.1, -0.05) is 6.07 Å². The number of hydrogen-bond acceptors (Lipinski definition) is 3. The summed E-state index contributed by atoms with van der Waals surface area (Å²) in [6, 6.07) is 5.53. The number of fused-ring (bicyclic) bond motifs is 1. The van der Waals surface area contributed by atoms with Crippen molar-refractivity contribution in [2.45, 2.75) is 38.6 Å². The third-order valence-corrected chi connectivity index (χ3v) is 3.23. The van der Waals surface area contributed by atoms with E-state index in [1.807, 2.05) is 12.1 Å². The predicted octanol–water partition coefficient (Wildman–Crippen LogP) is 2.13. The van der Waals surface area contributed by atoms with Gasteiger partial charge in [-0.3, -0.25) is 0 Å². The van der Waals surface area contributed by atoms with Crippen LogP contribution in [0.2, 0.25) is 0 Å². The number of benzene rings is 1. The highest BCUT2D eigenvalue weighted by molar-refractivity contribution is 5.84. The molecule has 102 valence electrons. The molecule has 2 rings (SSSR count). The average Bonchev–Trinajstić information content (AvgIpc) is 2.74. The molecular weight excluding hydrogens is 246 g/mol. The van der Waals surface area contributed by atoms with E-state index in [9.17, 15) is 9.59 Å². The zero-order valence-electron chi connectivity index (χ0n) is 11.0. The van der Waals surface area contributed by atoms with Crippen molar-refractivity contribution in [2.24, 2.45) is 0 Å². The van der Waals surface area contributed by atoms with E-state index in [4.69, 9.17) is 9.84 Å². The summed E-state index contributed by atoms with van der Waals surface area (Å²) in [4.78, 5) is 22.5. The first-order valence-electron chi connectivity index (χ1n) is 6.24. The van der Waals surface area contributed by atoms with Gasteiger partial charge in [0.2, 0.25) is 0 Å². The quantitative estimate of drug-likeness (QED) is 0.876. The highest BCUT2D eigenvalue weighted by Gasteiger charge is 2.29. The largest absolute Gasteiger partial charge is 0.480 e. The lowest BCUT2D eigenvalue weighted by Gasteiger charge is -2.20. The Morgan fingerprint density at radius 2 is 1.95 bits per heavy atom. The van der Waals surface area contributed by atoms with E-state index in [1.165, 1.54) is 25.0 Å². The highest BCUT2D eigenvalue weighted by atomic mass is 16.6. The second kappa shape index (κ2) is 4.91. The molecule has 1 aromatic rings. The lowest BCUT2D eigenvalue weighted by molar-refractivity contribution is -0.143. The van der Waals surface area contributed by atoms with E-state index in [2.05, 4.69) is 5.32 Å². The number of carboxylic acid groups (broad SMARTS) is 1. The van der Waals surface area contributed by atoms with Gasteiger partial charge in [-0.2, -0.15) is 0 Å². The molecule has 0 bridgehead atoms. The van der Waals surface area contributed by atoms with Crippen molar-refractivity contribution in [3.63, 3.8) is 0 Å². The lowest BCUT2D eigenvalue weighted by Crippen LogP contribution is -2.50. The van der Waals surface area contributed by atoms with Crippen LogP contribution in [0.25, 0.3) is 0 Å². The Labute approximate surface area is 111 Å². The Kier molecular flexibility index (Phi) is 3.46. The first-order valence-corrected chi connectivity index (χ1v) is 6.24. The number of aryl methyl sites for hydroxylation is 2. The molecule has 0 saturated carbocycles. The molecule has 2 N–H and O–H groups in total. The minimum absolute atomic E-state index is 0.444. The van der Waals surface area contributed by atoms with Crippen LogP contribution in [0.5, 0.6) is 5.75 Å².